The zero-order valence-corrected chi connectivity index (χ0v) is 14.3. The monoisotopic (exact) mass is 321 g/mol. The lowest BCUT2D eigenvalue weighted by Crippen LogP contribution is -2.43. The molecule has 0 aromatic carbocycles. The Balaban J connectivity index is 2.03. The zero-order valence-electron chi connectivity index (χ0n) is 14.3. The predicted molar refractivity (Wildman–Crippen MR) is 89.6 cm³/mol. The largest absolute Gasteiger partial charge is 0.395 e. The van der Waals surface area contributed by atoms with Gasteiger partial charge >= 0.3 is 0 Å². The highest BCUT2D eigenvalue weighted by molar-refractivity contribution is 5.93. The van der Waals surface area contributed by atoms with E-state index in [-0.39, 0.29) is 23.5 Å². The molecule has 0 bridgehead atoms. The number of nitrogens with zero attached hydrogens (tertiary/aromatic N) is 3. The number of carbonyl (C=O) groups excluding carboxylic acids is 1. The molecule has 0 aliphatic carbocycles. The van der Waals surface area contributed by atoms with Crippen LogP contribution in [-0.2, 0) is 7.05 Å². The van der Waals surface area contributed by atoms with Gasteiger partial charge in [-0.25, -0.2) is 0 Å². The summed E-state index contributed by atoms with van der Waals surface area (Å²) in [6.45, 7) is 5.24. The summed E-state index contributed by atoms with van der Waals surface area (Å²) in [5.41, 5.74) is 0.841. The molecule has 1 aliphatic rings. The minimum Gasteiger partial charge on any atom is -0.395 e. The Morgan fingerprint density at radius 1 is 1.48 bits per heavy atom. The standard InChI is InChI=1S/C17H27N3O3/c1-13-9-16(22)15(12-18(13)2)17(23)19(3)10-14-5-4-6-20(11-14)7-8-21/h9,12,14,21H,4-8,10-11H2,1-3H3. The number of hydrogen-bond donors (Lipinski definition) is 1. The Bertz CT molecular complexity index is 610. The minimum absolute atomic E-state index is 0.168. The van der Waals surface area contributed by atoms with Gasteiger partial charge in [0, 0.05) is 51.7 Å². The van der Waals surface area contributed by atoms with Crippen molar-refractivity contribution in [3.05, 3.63) is 33.7 Å². The van der Waals surface area contributed by atoms with E-state index in [0.717, 1.165) is 31.6 Å². The second-order valence-corrected chi connectivity index (χ2v) is 6.52. The van der Waals surface area contributed by atoms with Crippen molar-refractivity contribution in [1.82, 2.24) is 14.4 Å². The predicted octanol–water partition coefficient (Wildman–Crippen LogP) is 0.470. The van der Waals surface area contributed by atoms with E-state index in [4.69, 9.17) is 5.11 Å². The first-order valence-corrected chi connectivity index (χ1v) is 8.18. The number of carbonyl (C=O) groups is 1. The van der Waals surface area contributed by atoms with Crippen LogP contribution in [0.1, 0.15) is 28.9 Å². The summed E-state index contributed by atoms with van der Waals surface area (Å²) in [7, 11) is 3.59. The molecule has 23 heavy (non-hydrogen) atoms. The molecule has 1 unspecified atom stereocenters. The van der Waals surface area contributed by atoms with Crippen LogP contribution >= 0.6 is 0 Å². The van der Waals surface area contributed by atoms with Gasteiger partial charge in [0.25, 0.3) is 5.91 Å². The third-order valence-corrected chi connectivity index (χ3v) is 4.61. The molecular formula is C17H27N3O3. The highest BCUT2D eigenvalue weighted by Gasteiger charge is 2.24. The molecule has 0 saturated carbocycles. The molecule has 128 valence electrons. The maximum Gasteiger partial charge on any atom is 0.259 e. The molecule has 2 heterocycles. The Morgan fingerprint density at radius 2 is 2.22 bits per heavy atom. The normalized spacial score (nSPS) is 18.9. The molecule has 1 aliphatic heterocycles. The van der Waals surface area contributed by atoms with Crippen LogP contribution in [0.15, 0.2) is 17.1 Å². The van der Waals surface area contributed by atoms with Gasteiger partial charge in [-0.05, 0) is 32.2 Å². The number of aliphatic hydroxyl groups is 1. The third-order valence-electron chi connectivity index (χ3n) is 4.61. The average Bonchev–Trinajstić information content (AvgIpc) is 2.51. The van der Waals surface area contributed by atoms with Crippen LogP contribution in [0.5, 0.6) is 0 Å². The second kappa shape index (κ2) is 7.75. The average molecular weight is 321 g/mol. The summed E-state index contributed by atoms with van der Waals surface area (Å²) in [5, 5.41) is 9.06. The van der Waals surface area contributed by atoms with Gasteiger partial charge in [0.1, 0.15) is 5.56 Å². The first kappa shape index (κ1) is 17.7. The van der Waals surface area contributed by atoms with Gasteiger partial charge < -0.3 is 19.5 Å². The molecule has 1 saturated heterocycles. The van der Waals surface area contributed by atoms with Gasteiger partial charge in [-0.1, -0.05) is 0 Å². The van der Waals surface area contributed by atoms with Crippen molar-refractivity contribution in [3.8, 4) is 0 Å². The number of rotatable bonds is 5. The topological polar surface area (TPSA) is 65.8 Å². The number of hydrogen-bond acceptors (Lipinski definition) is 4. The number of piperidine rings is 1. The summed E-state index contributed by atoms with van der Waals surface area (Å²) in [6, 6.07) is 1.50. The molecule has 1 atom stereocenters. The molecule has 6 nitrogen and oxygen atoms in total. The third kappa shape index (κ3) is 4.42. The molecule has 1 N–H and O–H groups in total. The van der Waals surface area contributed by atoms with Gasteiger partial charge in [0.2, 0.25) is 0 Å². The molecule has 1 amide bonds. The Labute approximate surface area is 137 Å². The SMILES string of the molecule is Cc1cc(=O)c(C(=O)N(C)CC2CCCN(CCO)C2)cn1C. The number of pyridine rings is 1. The zero-order chi connectivity index (χ0) is 17.0. The number of aromatic nitrogens is 1. The van der Waals surface area contributed by atoms with Gasteiger partial charge in [-0.15, -0.1) is 0 Å². The smallest absolute Gasteiger partial charge is 0.259 e. The van der Waals surface area contributed by atoms with Crippen LogP contribution in [0.2, 0.25) is 0 Å². The quantitative estimate of drug-likeness (QED) is 0.856. The number of amides is 1. The fraction of sp³-hybridized carbons (Fsp3) is 0.647. The lowest BCUT2D eigenvalue weighted by atomic mass is 9.97. The van der Waals surface area contributed by atoms with Crippen LogP contribution in [-0.4, -0.2) is 65.2 Å². The summed E-state index contributed by atoms with van der Waals surface area (Å²) in [5.74, 6) is 0.170. The number of aliphatic hydroxyl groups excluding tert-OH is 1. The van der Waals surface area contributed by atoms with E-state index in [0.29, 0.717) is 19.0 Å². The highest BCUT2D eigenvalue weighted by atomic mass is 16.3. The van der Waals surface area contributed by atoms with Crippen LogP contribution in [0.3, 0.4) is 0 Å². The van der Waals surface area contributed by atoms with Crippen molar-refractivity contribution in [2.24, 2.45) is 13.0 Å². The number of β-amino-alcohol motifs (C(OH)–C–C–N with tert-alkyl or cyclic N) is 1. The summed E-state index contributed by atoms with van der Waals surface area (Å²) in [6.07, 6.45) is 3.78. The van der Waals surface area contributed by atoms with Gasteiger partial charge in [0.05, 0.1) is 6.61 Å². The van der Waals surface area contributed by atoms with Gasteiger partial charge in [-0.2, -0.15) is 0 Å². The van der Waals surface area contributed by atoms with E-state index in [9.17, 15) is 9.59 Å². The molecule has 1 aromatic rings. The van der Waals surface area contributed by atoms with Crippen molar-refractivity contribution in [3.63, 3.8) is 0 Å². The van der Waals surface area contributed by atoms with E-state index in [2.05, 4.69) is 4.90 Å². The number of likely N-dealkylation sites (tertiary alicyclic amines) is 1. The Kier molecular flexibility index (Phi) is 5.96. The van der Waals surface area contributed by atoms with E-state index >= 15 is 0 Å². The Hall–Kier alpha value is -1.66. The lowest BCUT2D eigenvalue weighted by molar-refractivity contribution is 0.0714. The van der Waals surface area contributed by atoms with Crippen molar-refractivity contribution in [2.75, 3.05) is 39.8 Å². The molecule has 0 spiro atoms. The fourth-order valence-electron chi connectivity index (χ4n) is 3.21. The summed E-state index contributed by atoms with van der Waals surface area (Å²) >= 11 is 0. The van der Waals surface area contributed by atoms with Crippen molar-refractivity contribution >= 4 is 5.91 Å². The van der Waals surface area contributed by atoms with Crippen molar-refractivity contribution < 1.29 is 9.90 Å². The van der Waals surface area contributed by atoms with Crippen molar-refractivity contribution in [1.29, 1.82) is 0 Å². The molecule has 1 fully saturated rings. The van der Waals surface area contributed by atoms with E-state index in [1.54, 1.807) is 22.7 Å². The highest BCUT2D eigenvalue weighted by Crippen LogP contribution is 2.17. The second-order valence-electron chi connectivity index (χ2n) is 6.52. The van der Waals surface area contributed by atoms with Crippen molar-refractivity contribution in [2.45, 2.75) is 19.8 Å². The molecular weight excluding hydrogens is 294 g/mol. The van der Waals surface area contributed by atoms with E-state index in [1.165, 1.54) is 6.07 Å². The first-order valence-electron chi connectivity index (χ1n) is 8.18. The van der Waals surface area contributed by atoms with Crippen LogP contribution in [0, 0.1) is 12.8 Å². The molecule has 0 radical (unpaired) electrons. The van der Waals surface area contributed by atoms with Gasteiger partial charge in [-0.3, -0.25) is 9.59 Å². The van der Waals surface area contributed by atoms with Crippen LogP contribution in [0.25, 0.3) is 0 Å². The van der Waals surface area contributed by atoms with Crippen LogP contribution < -0.4 is 5.43 Å². The molecule has 1 aromatic heterocycles. The Morgan fingerprint density at radius 3 is 2.91 bits per heavy atom. The first-order chi connectivity index (χ1) is 10.9. The maximum absolute atomic E-state index is 12.6. The van der Waals surface area contributed by atoms with E-state index in [1.807, 2.05) is 14.0 Å². The number of aryl methyl sites for hydroxylation is 2. The molecule has 2 rings (SSSR count). The fourth-order valence-corrected chi connectivity index (χ4v) is 3.21. The minimum atomic E-state index is -0.219. The van der Waals surface area contributed by atoms with Crippen LogP contribution in [0.4, 0.5) is 0 Å². The lowest BCUT2D eigenvalue weighted by Gasteiger charge is -2.34. The molecule has 6 heteroatoms. The summed E-state index contributed by atoms with van der Waals surface area (Å²) < 4.78 is 1.80. The van der Waals surface area contributed by atoms with Gasteiger partial charge in [0.15, 0.2) is 5.43 Å². The summed E-state index contributed by atoms with van der Waals surface area (Å²) in [4.78, 5) is 28.5. The maximum atomic E-state index is 12.6. The van der Waals surface area contributed by atoms with E-state index < -0.39 is 0 Å².